The van der Waals surface area contributed by atoms with Gasteiger partial charge in [0.15, 0.2) is 0 Å². The van der Waals surface area contributed by atoms with E-state index in [0.29, 0.717) is 0 Å². The van der Waals surface area contributed by atoms with Crippen LogP contribution in [0.3, 0.4) is 0 Å². The molecule has 0 spiro atoms. The number of benzene rings is 4. The molecule has 0 aromatic heterocycles. The lowest BCUT2D eigenvalue weighted by Crippen LogP contribution is -2.25. The van der Waals surface area contributed by atoms with Crippen LogP contribution in [0.2, 0.25) is 0 Å². The third-order valence-corrected chi connectivity index (χ3v) is 7.51. The molecule has 1 atom stereocenters. The Balaban J connectivity index is 0.000000420. The maximum atomic E-state index is 13.1. The number of carbonyl (C=O) groups excluding carboxylic acids is 1. The normalized spacial score (nSPS) is 11.1. The minimum atomic E-state index is -0.741. The van der Waals surface area contributed by atoms with Gasteiger partial charge in [-0.25, -0.2) is 0 Å². The third kappa shape index (κ3) is 7.53. The van der Waals surface area contributed by atoms with E-state index in [9.17, 15) is 4.79 Å². The van der Waals surface area contributed by atoms with Crippen molar-refractivity contribution in [3.8, 4) is 0 Å². The van der Waals surface area contributed by atoms with Crippen molar-refractivity contribution >= 4 is 25.0 Å². The molecule has 4 heteroatoms. The predicted octanol–water partition coefficient (Wildman–Crippen LogP) is 7.02. The second-order valence-corrected chi connectivity index (χ2v) is 10.6. The average Bonchev–Trinajstić information content (AvgIpc) is 2.86. The molecule has 4 aromatic carbocycles. The highest BCUT2D eigenvalue weighted by Gasteiger charge is 2.19. The Morgan fingerprint density at radius 2 is 1.31 bits per heavy atom. The van der Waals surface area contributed by atoms with Crippen molar-refractivity contribution in [2.75, 3.05) is 18.6 Å². The first-order valence-corrected chi connectivity index (χ1v) is 13.6. The van der Waals surface area contributed by atoms with Crippen LogP contribution in [0.15, 0.2) is 103 Å². The fraction of sp³-hybridized carbons (Fsp3) is 0.194. The van der Waals surface area contributed by atoms with Gasteiger partial charge in [-0.15, -0.1) is 0 Å². The van der Waals surface area contributed by atoms with Crippen molar-refractivity contribution in [3.63, 3.8) is 0 Å². The standard InChI is InChI=1S/C24H27N2OP.C7H8/c1-18-15-16-22(26(3)17-20-11-7-5-8-12-20)19(2)23(18)24(27)25-28(4)21-13-9-6-10-14-21;1-7-5-3-2-4-6-7/h5-16H,17H2,1-4H3,(H,25,27);2-6H,1H3/t28-;/m0./s1. The number of rotatable bonds is 6. The molecule has 0 saturated heterocycles. The second-order valence-electron chi connectivity index (χ2n) is 8.73. The summed E-state index contributed by atoms with van der Waals surface area (Å²) in [5.74, 6) is 0.00225. The number of nitrogens with zero attached hydrogens (tertiary/aromatic N) is 1. The van der Waals surface area contributed by atoms with E-state index in [4.69, 9.17) is 0 Å². The van der Waals surface area contributed by atoms with Gasteiger partial charge in [0.2, 0.25) is 0 Å². The summed E-state index contributed by atoms with van der Waals surface area (Å²) in [6.45, 7) is 9.01. The zero-order chi connectivity index (χ0) is 25.2. The first-order valence-electron chi connectivity index (χ1n) is 11.8. The zero-order valence-electron chi connectivity index (χ0n) is 21.3. The lowest BCUT2D eigenvalue weighted by atomic mass is 10.00. The summed E-state index contributed by atoms with van der Waals surface area (Å²) in [7, 11) is 1.33. The third-order valence-electron chi connectivity index (χ3n) is 5.90. The number of hydrogen-bond donors (Lipinski definition) is 1. The summed E-state index contributed by atoms with van der Waals surface area (Å²) >= 11 is 0. The summed E-state index contributed by atoms with van der Waals surface area (Å²) < 4.78 is 0. The van der Waals surface area contributed by atoms with Crippen LogP contribution in [0.5, 0.6) is 0 Å². The lowest BCUT2D eigenvalue weighted by Gasteiger charge is -2.24. The lowest BCUT2D eigenvalue weighted by molar-refractivity contribution is 0.0981. The Bertz CT molecular complexity index is 1210. The molecule has 180 valence electrons. The van der Waals surface area contributed by atoms with Crippen molar-refractivity contribution in [2.45, 2.75) is 27.3 Å². The van der Waals surface area contributed by atoms with E-state index < -0.39 is 8.07 Å². The molecule has 4 rings (SSSR count). The highest BCUT2D eigenvalue weighted by molar-refractivity contribution is 7.63. The van der Waals surface area contributed by atoms with Crippen LogP contribution >= 0.6 is 8.07 Å². The number of amides is 1. The van der Waals surface area contributed by atoms with E-state index in [1.807, 2.05) is 62.4 Å². The molecule has 0 aliphatic rings. The van der Waals surface area contributed by atoms with Gasteiger partial charge in [-0.05, 0) is 55.5 Å². The quantitative estimate of drug-likeness (QED) is 0.300. The minimum absolute atomic E-state index is 0.00225. The molecular weight excluding hydrogens is 447 g/mol. The monoisotopic (exact) mass is 482 g/mol. The van der Waals surface area contributed by atoms with Crippen molar-refractivity contribution in [1.29, 1.82) is 0 Å². The highest BCUT2D eigenvalue weighted by Crippen LogP contribution is 2.29. The van der Waals surface area contributed by atoms with Gasteiger partial charge in [-0.3, -0.25) is 4.79 Å². The summed E-state index contributed by atoms with van der Waals surface area (Å²) in [6, 6.07) is 34.9. The largest absolute Gasteiger partial charge is 0.370 e. The zero-order valence-corrected chi connectivity index (χ0v) is 22.2. The Kier molecular flexibility index (Phi) is 9.64. The van der Waals surface area contributed by atoms with E-state index in [2.05, 4.69) is 85.2 Å². The van der Waals surface area contributed by atoms with Gasteiger partial charge in [0.25, 0.3) is 5.91 Å². The Hall–Kier alpha value is -3.42. The molecule has 0 fully saturated rings. The van der Waals surface area contributed by atoms with Crippen LogP contribution in [-0.2, 0) is 6.54 Å². The number of nitrogens with one attached hydrogen (secondary N) is 1. The van der Waals surface area contributed by atoms with Crippen LogP contribution in [0, 0.1) is 20.8 Å². The van der Waals surface area contributed by atoms with E-state index >= 15 is 0 Å². The van der Waals surface area contributed by atoms with Crippen LogP contribution in [0.4, 0.5) is 5.69 Å². The Labute approximate surface area is 211 Å². The first kappa shape index (κ1) is 26.2. The smallest absolute Gasteiger partial charge is 0.255 e. The van der Waals surface area contributed by atoms with E-state index in [1.54, 1.807) is 0 Å². The Morgan fingerprint density at radius 1 is 0.771 bits per heavy atom. The predicted molar refractivity (Wildman–Crippen MR) is 152 cm³/mol. The molecule has 0 bridgehead atoms. The Morgan fingerprint density at radius 3 is 1.86 bits per heavy atom. The molecule has 0 saturated carbocycles. The molecular formula is C31H35N2OP. The molecule has 4 aromatic rings. The molecule has 0 radical (unpaired) electrons. The second kappa shape index (κ2) is 12.9. The molecule has 3 nitrogen and oxygen atoms in total. The van der Waals surface area contributed by atoms with Crippen LogP contribution in [-0.4, -0.2) is 19.6 Å². The van der Waals surface area contributed by atoms with Crippen molar-refractivity contribution in [2.24, 2.45) is 0 Å². The molecule has 0 aliphatic heterocycles. The summed E-state index contributed by atoms with van der Waals surface area (Å²) in [5.41, 5.74) is 6.46. The van der Waals surface area contributed by atoms with Crippen molar-refractivity contribution < 1.29 is 4.79 Å². The molecule has 0 aliphatic carbocycles. The summed E-state index contributed by atoms with van der Waals surface area (Å²) in [6.07, 6.45) is 0. The number of aryl methyl sites for hydroxylation is 2. The van der Waals surface area contributed by atoms with E-state index in [-0.39, 0.29) is 5.91 Å². The van der Waals surface area contributed by atoms with Gasteiger partial charge in [-0.1, -0.05) is 103 Å². The first-order chi connectivity index (χ1) is 16.9. The van der Waals surface area contributed by atoms with Gasteiger partial charge < -0.3 is 9.99 Å². The summed E-state index contributed by atoms with van der Waals surface area (Å²) in [5, 5.41) is 4.38. The fourth-order valence-electron chi connectivity index (χ4n) is 4.00. The maximum absolute atomic E-state index is 13.1. The maximum Gasteiger partial charge on any atom is 0.255 e. The number of hydrogen-bond acceptors (Lipinski definition) is 2. The van der Waals surface area contributed by atoms with Gasteiger partial charge in [0.05, 0.1) is 0 Å². The van der Waals surface area contributed by atoms with Crippen LogP contribution in [0.25, 0.3) is 0 Å². The number of anilines is 1. The molecule has 0 heterocycles. The van der Waals surface area contributed by atoms with Gasteiger partial charge in [0, 0.05) is 32.9 Å². The highest BCUT2D eigenvalue weighted by atomic mass is 31.1. The van der Waals surface area contributed by atoms with Crippen LogP contribution in [0.1, 0.15) is 32.6 Å². The molecule has 1 amide bonds. The molecule has 1 N–H and O–H groups in total. The topological polar surface area (TPSA) is 32.3 Å². The van der Waals surface area contributed by atoms with E-state index in [0.717, 1.165) is 28.9 Å². The fourth-order valence-corrected chi connectivity index (χ4v) is 5.17. The van der Waals surface area contributed by atoms with Gasteiger partial charge in [0.1, 0.15) is 0 Å². The van der Waals surface area contributed by atoms with E-state index in [1.165, 1.54) is 16.4 Å². The van der Waals surface area contributed by atoms with Crippen molar-refractivity contribution in [1.82, 2.24) is 5.09 Å². The SMILES string of the molecule is Cc1ccc(N(C)Cc2ccccc2)c(C)c1C(=O)N[P@@](C)c1ccccc1.Cc1ccccc1. The van der Waals surface area contributed by atoms with Crippen LogP contribution < -0.4 is 15.3 Å². The van der Waals surface area contributed by atoms with Crippen molar-refractivity contribution in [3.05, 3.63) is 131 Å². The summed E-state index contributed by atoms with van der Waals surface area (Å²) in [4.78, 5) is 15.3. The molecule has 35 heavy (non-hydrogen) atoms. The minimum Gasteiger partial charge on any atom is -0.370 e. The average molecular weight is 483 g/mol. The molecule has 0 unspecified atom stereocenters. The number of carbonyl (C=O) groups is 1. The van der Waals surface area contributed by atoms with Gasteiger partial charge >= 0.3 is 0 Å². The van der Waals surface area contributed by atoms with Gasteiger partial charge in [-0.2, -0.15) is 0 Å².